The normalized spacial score (nSPS) is 39.0. The van der Waals surface area contributed by atoms with E-state index >= 15 is 0 Å². The molecule has 1 heterocycles. The molecule has 29 heavy (non-hydrogen) atoms. The number of rotatable bonds is 4. The Morgan fingerprint density at radius 3 is 2.66 bits per heavy atom. The van der Waals surface area contributed by atoms with Crippen LogP contribution in [0, 0.1) is 17.3 Å². The van der Waals surface area contributed by atoms with Gasteiger partial charge < -0.3 is 19.3 Å². The highest BCUT2D eigenvalue weighted by atomic mass is 16.6. The van der Waals surface area contributed by atoms with Crippen molar-refractivity contribution in [3.63, 3.8) is 0 Å². The van der Waals surface area contributed by atoms with Crippen molar-refractivity contribution in [3.05, 3.63) is 23.8 Å². The lowest BCUT2D eigenvalue weighted by molar-refractivity contribution is -0.191. The average molecular weight is 407 g/mol. The summed E-state index contributed by atoms with van der Waals surface area (Å²) >= 11 is 0. The van der Waals surface area contributed by atoms with Gasteiger partial charge in [0.2, 0.25) is 0 Å². The fourth-order valence-corrected chi connectivity index (χ4v) is 5.55. The smallest absolute Gasteiger partial charge is 0.312 e. The quantitative estimate of drug-likeness (QED) is 0.721. The molecule has 1 saturated heterocycles. The number of ether oxygens (including phenoxy) is 3. The Labute approximate surface area is 173 Å². The van der Waals surface area contributed by atoms with Crippen molar-refractivity contribution in [1.29, 1.82) is 0 Å². The fraction of sp³-hybridized carbons (Fsp3) is 0.739. The number of carbonyl (C=O) groups is 2. The zero-order chi connectivity index (χ0) is 21.4. The van der Waals surface area contributed by atoms with Gasteiger partial charge in [-0.3, -0.25) is 9.59 Å². The van der Waals surface area contributed by atoms with Gasteiger partial charge in [0, 0.05) is 19.4 Å². The molecule has 0 aromatic heterocycles. The molecule has 2 saturated carbocycles. The molecule has 6 nitrogen and oxygen atoms in total. The van der Waals surface area contributed by atoms with E-state index in [1.165, 1.54) is 6.92 Å². The Balaban J connectivity index is 1.97. The first-order chi connectivity index (χ1) is 13.5. The van der Waals surface area contributed by atoms with Gasteiger partial charge in [0.1, 0.15) is 12.7 Å². The molecule has 0 aromatic carbocycles. The first kappa shape index (κ1) is 22.0. The molecule has 6 heteroatoms. The summed E-state index contributed by atoms with van der Waals surface area (Å²) in [5, 5.41) is 9.94. The third-order valence-electron chi connectivity index (χ3n) is 6.95. The number of hydrogen-bond donors (Lipinski definition) is 1. The molecule has 0 amide bonds. The van der Waals surface area contributed by atoms with Crippen LogP contribution in [0.5, 0.6) is 0 Å². The van der Waals surface area contributed by atoms with Crippen LogP contribution in [0.1, 0.15) is 59.8 Å². The van der Waals surface area contributed by atoms with E-state index in [4.69, 9.17) is 14.2 Å². The van der Waals surface area contributed by atoms with E-state index in [0.29, 0.717) is 19.3 Å². The van der Waals surface area contributed by atoms with Crippen LogP contribution in [-0.4, -0.2) is 48.1 Å². The monoisotopic (exact) mass is 406 g/mol. The van der Waals surface area contributed by atoms with Crippen LogP contribution in [0.15, 0.2) is 23.8 Å². The number of hydrogen-bond acceptors (Lipinski definition) is 6. The lowest BCUT2D eigenvalue weighted by Gasteiger charge is -2.50. The lowest BCUT2D eigenvalue weighted by Crippen LogP contribution is -2.56. The van der Waals surface area contributed by atoms with Crippen molar-refractivity contribution in [1.82, 2.24) is 0 Å². The molecule has 2 aliphatic carbocycles. The maximum Gasteiger partial charge on any atom is 0.312 e. The lowest BCUT2D eigenvalue weighted by atomic mass is 9.62. The van der Waals surface area contributed by atoms with Crippen molar-refractivity contribution in [2.45, 2.75) is 77.1 Å². The van der Waals surface area contributed by atoms with Crippen molar-refractivity contribution < 1.29 is 28.9 Å². The molecular weight excluding hydrogens is 372 g/mol. The van der Waals surface area contributed by atoms with Gasteiger partial charge in [0.15, 0.2) is 0 Å². The Hall–Kier alpha value is -1.66. The summed E-state index contributed by atoms with van der Waals surface area (Å²) < 4.78 is 17.3. The number of aliphatic hydroxyl groups is 1. The molecule has 0 spiro atoms. The topological polar surface area (TPSA) is 82.1 Å². The van der Waals surface area contributed by atoms with Gasteiger partial charge in [-0.2, -0.15) is 0 Å². The molecule has 1 aliphatic heterocycles. The van der Waals surface area contributed by atoms with Gasteiger partial charge in [-0.1, -0.05) is 25.2 Å². The van der Waals surface area contributed by atoms with Crippen molar-refractivity contribution in [3.8, 4) is 0 Å². The Bertz CT molecular complexity index is 717. The largest absolute Gasteiger partial charge is 0.462 e. The van der Waals surface area contributed by atoms with E-state index in [9.17, 15) is 14.7 Å². The van der Waals surface area contributed by atoms with Gasteiger partial charge in [-0.15, -0.1) is 0 Å². The molecule has 0 aromatic rings. The van der Waals surface area contributed by atoms with Crippen LogP contribution in [0.4, 0.5) is 0 Å². The molecule has 3 aliphatic rings. The first-order valence-corrected chi connectivity index (χ1v) is 10.5. The molecule has 3 fully saturated rings. The van der Waals surface area contributed by atoms with Crippen molar-refractivity contribution in [2.75, 3.05) is 13.7 Å². The van der Waals surface area contributed by atoms with Crippen LogP contribution >= 0.6 is 0 Å². The van der Waals surface area contributed by atoms with E-state index in [-0.39, 0.29) is 41.9 Å². The first-order valence-electron chi connectivity index (χ1n) is 10.5. The molecule has 2 bridgehead atoms. The SMILES string of the molecule is CO[C@@]12CC[C@H](OC(C)=O)[C@@](C)(CC[C@@H]3/C(=C/C=C/C(C)(C)O)COC(=O)[C@@H]31)C2. The van der Waals surface area contributed by atoms with E-state index in [1.54, 1.807) is 27.0 Å². The Morgan fingerprint density at radius 2 is 2.03 bits per heavy atom. The molecule has 0 radical (unpaired) electrons. The highest BCUT2D eigenvalue weighted by Gasteiger charge is 2.60. The molecule has 1 N–H and O–H groups in total. The summed E-state index contributed by atoms with van der Waals surface area (Å²) in [7, 11) is 1.68. The summed E-state index contributed by atoms with van der Waals surface area (Å²) in [5.74, 6) is -0.820. The van der Waals surface area contributed by atoms with Gasteiger partial charge in [0.05, 0.1) is 17.1 Å². The van der Waals surface area contributed by atoms with E-state index in [2.05, 4.69) is 6.92 Å². The minimum atomic E-state index is -0.902. The summed E-state index contributed by atoms with van der Waals surface area (Å²) in [6.45, 7) is 7.30. The third-order valence-corrected chi connectivity index (χ3v) is 6.95. The van der Waals surface area contributed by atoms with Gasteiger partial charge in [-0.25, -0.2) is 0 Å². The average Bonchev–Trinajstić information content (AvgIpc) is 2.72. The number of esters is 2. The van der Waals surface area contributed by atoms with E-state index < -0.39 is 11.2 Å². The van der Waals surface area contributed by atoms with Crippen molar-refractivity contribution >= 4 is 11.9 Å². The van der Waals surface area contributed by atoms with Gasteiger partial charge in [-0.05, 0) is 57.4 Å². The second kappa shape index (κ2) is 7.88. The number of carbonyl (C=O) groups excluding carboxylic acids is 2. The minimum Gasteiger partial charge on any atom is -0.462 e. The minimum absolute atomic E-state index is 0.0144. The predicted molar refractivity (Wildman–Crippen MR) is 108 cm³/mol. The molecular formula is C23H34O6. The van der Waals surface area contributed by atoms with Gasteiger partial charge >= 0.3 is 11.9 Å². The zero-order valence-electron chi connectivity index (χ0n) is 18.2. The van der Waals surface area contributed by atoms with Crippen LogP contribution in [0.3, 0.4) is 0 Å². The molecule has 0 unspecified atom stereocenters. The fourth-order valence-electron chi connectivity index (χ4n) is 5.55. The highest BCUT2D eigenvalue weighted by molar-refractivity contribution is 5.76. The third kappa shape index (κ3) is 4.43. The Morgan fingerprint density at radius 1 is 1.31 bits per heavy atom. The maximum atomic E-state index is 12.9. The predicted octanol–water partition coefficient (Wildman–Crippen LogP) is 3.33. The second-order valence-electron chi connectivity index (χ2n) is 9.72. The molecule has 162 valence electrons. The van der Waals surface area contributed by atoms with E-state index in [0.717, 1.165) is 18.4 Å². The summed E-state index contributed by atoms with van der Waals surface area (Å²) in [6.07, 6.45) is 9.01. The summed E-state index contributed by atoms with van der Waals surface area (Å²) in [6, 6.07) is 0. The number of cyclic esters (lactones) is 1. The van der Waals surface area contributed by atoms with Gasteiger partial charge in [0.25, 0.3) is 0 Å². The molecule has 5 atom stereocenters. The number of fused-ring (bicyclic) bond motifs is 4. The van der Waals surface area contributed by atoms with Crippen LogP contribution in [-0.2, 0) is 23.8 Å². The summed E-state index contributed by atoms with van der Waals surface area (Å²) in [4.78, 5) is 24.6. The maximum absolute atomic E-state index is 12.9. The van der Waals surface area contributed by atoms with E-state index in [1.807, 2.05) is 12.2 Å². The second-order valence-corrected chi connectivity index (χ2v) is 9.72. The highest BCUT2D eigenvalue weighted by Crippen LogP contribution is 2.57. The number of allylic oxidation sites excluding steroid dienone is 2. The zero-order valence-corrected chi connectivity index (χ0v) is 18.2. The van der Waals surface area contributed by atoms with Crippen LogP contribution in [0.25, 0.3) is 0 Å². The van der Waals surface area contributed by atoms with Crippen LogP contribution < -0.4 is 0 Å². The Kier molecular flexibility index (Phi) is 5.98. The number of methoxy groups -OCH3 is 1. The van der Waals surface area contributed by atoms with Crippen LogP contribution in [0.2, 0.25) is 0 Å². The van der Waals surface area contributed by atoms with Crippen molar-refractivity contribution in [2.24, 2.45) is 17.3 Å². The molecule has 3 rings (SSSR count). The standard InChI is InChI=1S/C23H34O6/c1-15(24)29-18-9-12-23(27-5)14-22(18,4)11-8-17-16(7-6-10-21(2,3)26)13-28-20(25)19(17)23/h6-7,10,17-19,26H,8-9,11-14H2,1-5H3/b10-6+,16-7+/t17-,18+,19-,22+,23-/m1/s1. The summed E-state index contributed by atoms with van der Waals surface area (Å²) in [5.41, 5.74) is -0.721.